The largest absolute Gasteiger partial charge is 0.496 e. The van der Waals surface area contributed by atoms with E-state index in [0.717, 1.165) is 53.8 Å². The Morgan fingerprint density at radius 1 is 1.17 bits per heavy atom. The first-order chi connectivity index (χ1) is 17.2. The number of aryl methyl sites for hydroxylation is 1. The number of carbonyl (C=O) groups excluding carboxylic acids is 2. The van der Waals surface area contributed by atoms with E-state index in [2.05, 4.69) is 27.4 Å². The molecule has 1 aliphatic rings. The van der Waals surface area contributed by atoms with Crippen molar-refractivity contribution in [3.05, 3.63) is 63.2 Å². The van der Waals surface area contributed by atoms with Crippen LogP contribution < -0.4 is 10.3 Å². The van der Waals surface area contributed by atoms with Crippen molar-refractivity contribution in [1.29, 1.82) is 0 Å². The lowest BCUT2D eigenvalue weighted by molar-refractivity contribution is -0.118. The number of benzene rings is 1. The minimum absolute atomic E-state index is 0.0351. The number of nitrogens with one attached hydrogen (secondary N) is 1. The molecule has 0 bridgehead atoms. The van der Waals surface area contributed by atoms with Crippen LogP contribution in [0.15, 0.2) is 35.1 Å². The molecule has 3 heterocycles. The van der Waals surface area contributed by atoms with Gasteiger partial charge in [0.15, 0.2) is 5.78 Å². The molecule has 1 aromatic carbocycles. The van der Waals surface area contributed by atoms with Crippen molar-refractivity contribution in [2.24, 2.45) is 5.92 Å². The standard InChI is InChI=1S/C29H37N3O4/c1-18-16-27(36-5)24(29(35)30-18)10-11-26(34)28-21(4)32(25-9-7-6-8-23(25)28)20(3)22-12-14-31(15-13-22)17-19(2)33/h6-9,16,20,22H,10-15,17H2,1-5H3,(H,30,35)/t20-/m1/s1. The van der Waals surface area contributed by atoms with Gasteiger partial charge in [0.2, 0.25) is 0 Å². The van der Waals surface area contributed by atoms with Crippen LogP contribution in [0, 0.1) is 19.8 Å². The Morgan fingerprint density at radius 3 is 2.53 bits per heavy atom. The summed E-state index contributed by atoms with van der Waals surface area (Å²) < 4.78 is 7.74. The minimum Gasteiger partial charge on any atom is -0.496 e. The number of fused-ring (bicyclic) bond motifs is 1. The molecular formula is C29H37N3O4. The third-order valence-electron chi connectivity index (χ3n) is 7.65. The van der Waals surface area contributed by atoms with Gasteiger partial charge in [0.1, 0.15) is 11.5 Å². The van der Waals surface area contributed by atoms with Gasteiger partial charge in [0.05, 0.1) is 19.2 Å². The van der Waals surface area contributed by atoms with Crippen LogP contribution in [-0.2, 0) is 11.2 Å². The van der Waals surface area contributed by atoms with Crippen LogP contribution in [0.3, 0.4) is 0 Å². The Bertz CT molecular complexity index is 1330. The highest BCUT2D eigenvalue weighted by Crippen LogP contribution is 2.36. The zero-order chi connectivity index (χ0) is 26.0. The van der Waals surface area contributed by atoms with E-state index >= 15 is 0 Å². The third kappa shape index (κ3) is 5.16. The van der Waals surface area contributed by atoms with E-state index in [4.69, 9.17) is 4.74 Å². The highest BCUT2D eigenvalue weighted by molar-refractivity contribution is 6.09. The van der Waals surface area contributed by atoms with Crippen LogP contribution in [0.4, 0.5) is 0 Å². The summed E-state index contributed by atoms with van der Waals surface area (Å²) in [6, 6.07) is 10.1. The number of methoxy groups -OCH3 is 1. The van der Waals surface area contributed by atoms with Gasteiger partial charge in [-0.2, -0.15) is 0 Å². The molecule has 2 aromatic heterocycles. The van der Waals surface area contributed by atoms with Gasteiger partial charge in [-0.25, -0.2) is 0 Å². The van der Waals surface area contributed by atoms with Gasteiger partial charge in [-0.3, -0.25) is 19.3 Å². The van der Waals surface area contributed by atoms with Gasteiger partial charge in [-0.15, -0.1) is 0 Å². The summed E-state index contributed by atoms with van der Waals surface area (Å²) in [6.45, 7) is 10.1. The van der Waals surface area contributed by atoms with E-state index in [1.165, 1.54) is 0 Å². The topological polar surface area (TPSA) is 84.4 Å². The Balaban J connectivity index is 1.59. The lowest BCUT2D eigenvalue weighted by Gasteiger charge is -2.35. The average molecular weight is 492 g/mol. The number of H-pyrrole nitrogens is 1. The Morgan fingerprint density at radius 2 is 1.86 bits per heavy atom. The Kier molecular flexibility index (Phi) is 7.79. The lowest BCUT2D eigenvalue weighted by Crippen LogP contribution is -2.38. The van der Waals surface area contributed by atoms with E-state index in [9.17, 15) is 14.4 Å². The van der Waals surface area contributed by atoms with Crippen molar-refractivity contribution in [2.45, 2.75) is 59.4 Å². The number of nitrogens with zero attached hydrogens (tertiary/aromatic N) is 2. The van der Waals surface area contributed by atoms with Gasteiger partial charge in [0.25, 0.3) is 5.56 Å². The molecule has 0 unspecified atom stereocenters. The number of ether oxygens (including phenoxy) is 1. The van der Waals surface area contributed by atoms with Gasteiger partial charge >= 0.3 is 0 Å². The van der Waals surface area contributed by atoms with Crippen molar-refractivity contribution in [2.75, 3.05) is 26.7 Å². The minimum atomic E-state index is -0.205. The lowest BCUT2D eigenvalue weighted by atomic mass is 9.89. The number of rotatable bonds is 9. The van der Waals surface area contributed by atoms with Crippen molar-refractivity contribution < 1.29 is 14.3 Å². The summed E-state index contributed by atoms with van der Waals surface area (Å²) in [5.41, 5.74) is 3.82. The van der Waals surface area contributed by atoms with Crippen molar-refractivity contribution in [1.82, 2.24) is 14.5 Å². The molecule has 4 rings (SSSR count). The molecule has 0 spiro atoms. The normalized spacial score (nSPS) is 15.8. The summed E-state index contributed by atoms with van der Waals surface area (Å²) in [6.07, 6.45) is 2.61. The molecule has 0 saturated carbocycles. The van der Waals surface area contributed by atoms with Gasteiger partial charge in [0, 0.05) is 40.3 Å². The molecule has 1 saturated heterocycles. The fourth-order valence-electron chi connectivity index (χ4n) is 5.86. The third-order valence-corrected chi connectivity index (χ3v) is 7.65. The van der Waals surface area contributed by atoms with Gasteiger partial charge in [-0.05, 0) is 78.1 Å². The van der Waals surface area contributed by atoms with Gasteiger partial charge < -0.3 is 14.3 Å². The fraction of sp³-hybridized carbons (Fsp3) is 0.483. The van der Waals surface area contributed by atoms with Crippen LogP contribution >= 0.6 is 0 Å². The maximum absolute atomic E-state index is 13.6. The number of hydrogen-bond acceptors (Lipinski definition) is 5. The number of likely N-dealkylation sites (tertiary alicyclic amines) is 1. The zero-order valence-corrected chi connectivity index (χ0v) is 22.0. The Labute approximate surface area is 212 Å². The summed E-state index contributed by atoms with van der Waals surface area (Å²) in [4.78, 5) is 42.7. The summed E-state index contributed by atoms with van der Waals surface area (Å²) in [5, 5.41) is 0.964. The predicted octanol–water partition coefficient (Wildman–Crippen LogP) is 4.63. The molecule has 0 amide bonds. The van der Waals surface area contributed by atoms with E-state index in [1.54, 1.807) is 20.1 Å². The number of carbonyl (C=O) groups is 2. The van der Waals surface area contributed by atoms with E-state index in [1.807, 2.05) is 32.0 Å². The van der Waals surface area contributed by atoms with Crippen LogP contribution in [0.2, 0.25) is 0 Å². The molecule has 7 heteroatoms. The van der Waals surface area contributed by atoms with Crippen LogP contribution in [0.1, 0.15) is 66.5 Å². The molecular weight excluding hydrogens is 454 g/mol. The number of para-hydroxylation sites is 1. The second-order valence-corrected chi connectivity index (χ2v) is 10.2. The average Bonchev–Trinajstić information content (AvgIpc) is 3.14. The maximum atomic E-state index is 13.6. The number of hydrogen-bond donors (Lipinski definition) is 1. The Hall–Kier alpha value is -3.19. The van der Waals surface area contributed by atoms with E-state index in [0.29, 0.717) is 30.2 Å². The van der Waals surface area contributed by atoms with Crippen molar-refractivity contribution >= 4 is 22.5 Å². The second-order valence-electron chi connectivity index (χ2n) is 10.2. The van der Waals surface area contributed by atoms with E-state index < -0.39 is 0 Å². The first-order valence-electron chi connectivity index (χ1n) is 12.8. The second kappa shape index (κ2) is 10.8. The zero-order valence-electron chi connectivity index (χ0n) is 22.0. The first-order valence-corrected chi connectivity index (χ1v) is 12.8. The smallest absolute Gasteiger partial charge is 0.255 e. The number of ketones is 2. The summed E-state index contributed by atoms with van der Waals surface area (Å²) >= 11 is 0. The summed E-state index contributed by atoms with van der Waals surface area (Å²) in [5.74, 6) is 1.24. The SMILES string of the molecule is COc1cc(C)[nH]c(=O)c1CCC(=O)c1c(C)n([C@H](C)C2CCN(CC(C)=O)CC2)c2ccccc12. The molecule has 1 fully saturated rings. The van der Waals surface area contributed by atoms with Gasteiger partial charge in [-0.1, -0.05) is 18.2 Å². The predicted molar refractivity (Wildman–Crippen MR) is 142 cm³/mol. The number of pyridine rings is 1. The summed E-state index contributed by atoms with van der Waals surface area (Å²) in [7, 11) is 1.54. The highest BCUT2D eigenvalue weighted by Gasteiger charge is 2.29. The van der Waals surface area contributed by atoms with E-state index in [-0.39, 0.29) is 29.6 Å². The monoisotopic (exact) mass is 491 g/mol. The molecule has 7 nitrogen and oxygen atoms in total. The van der Waals surface area contributed by atoms with Crippen LogP contribution in [0.25, 0.3) is 10.9 Å². The molecule has 36 heavy (non-hydrogen) atoms. The number of aromatic amines is 1. The molecule has 192 valence electrons. The highest BCUT2D eigenvalue weighted by atomic mass is 16.5. The van der Waals surface area contributed by atoms with Crippen LogP contribution in [0.5, 0.6) is 5.75 Å². The van der Waals surface area contributed by atoms with Crippen molar-refractivity contribution in [3.8, 4) is 5.75 Å². The number of Topliss-reactive ketones (excluding diaryl/α,β-unsaturated/α-hetero) is 2. The molecule has 3 aromatic rings. The molecule has 0 radical (unpaired) electrons. The first kappa shape index (κ1) is 25.9. The number of piperidine rings is 1. The number of aromatic nitrogens is 2. The molecule has 0 aliphatic carbocycles. The van der Waals surface area contributed by atoms with Crippen LogP contribution in [-0.4, -0.2) is 52.8 Å². The molecule has 1 atom stereocenters. The maximum Gasteiger partial charge on any atom is 0.255 e. The molecule has 1 aliphatic heterocycles. The fourth-order valence-corrected chi connectivity index (χ4v) is 5.86. The van der Waals surface area contributed by atoms with Crippen molar-refractivity contribution in [3.63, 3.8) is 0 Å². The molecule has 1 N–H and O–H groups in total. The quantitative estimate of drug-likeness (QED) is 0.441.